The minimum Gasteiger partial charge on any atom is -0.458 e. The van der Waals surface area contributed by atoms with Crippen LogP contribution in [-0.4, -0.2) is 136 Å². The Morgan fingerprint density at radius 1 is 1.02 bits per heavy atom. The zero-order valence-electron chi connectivity index (χ0n) is 38.0. The van der Waals surface area contributed by atoms with E-state index in [2.05, 4.69) is 9.97 Å². The van der Waals surface area contributed by atoms with Crippen molar-refractivity contribution in [3.05, 3.63) is 37.1 Å². The van der Waals surface area contributed by atoms with Crippen molar-refractivity contribution in [2.45, 2.75) is 155 Å². The first-order valence-corrected chi connectivity index (χ1v) is 21.7. The van der Waals surface area contributed by atoms with Crippen LogP contribution in [0.15, 0.2) is 37.1 Å². The number of carbonyl (C=O) groups is 5. The van der Waals surface area contributed by atoms with Crippen LogP contribution >= 0.6 is 0 Å². The minimum absolute atomic E-state index is 0.104. The summed E-state index contributed by atoms with van der Waals surface area (Å²) in [6, 6.07) is 2.72. The van der Waals surface area contributed by atoms with Gasteiger partial charge in [0.15, 0.2) is 23.8 Å². The van der Waals surface area contributed by atoms with Crippen LogP contribution in [0.3, 0.4) is 0 Å². The maximum absolute atomic E-state index is 14.8. The lowest BCUT2D eigenvalue weighted by Crippen LogP contribution is -2.61. The summed E-state index contributed by atoms with van der Waals surface area (Å²) in [4.78, 5) is 81.9. The molecule has 3 aliphatic heterocycles. The molecule has 61 heavy (non-hydrogen) atoms. The Labute approximate surface area is 360 Å². The van der Waals surface area contributed by atoms with E-state index in [0.717, 1.165) is 11.3 Å². The predicted molar refractivity (Wildman–Crippen MR) is 224 cm³/mol. The number of aromatic nitrogens is 3. The molecule has 1 unspecified atom stereocenters. The Morgan fingerprint density at radius 3 is 2.34 bits per heavy atom. The Bertz CT molecular complexity index is 1860. The second kappa shape index (κ2) is 19.9. The molecular formula is C45H67N5O11. The van der Waals surface area contributed by atoms with E-state index in [1.807, 2.05) is 55.7 Å². The van der Waals surface area contributed by atoms with Crippen molar-refractivity contribution >= 4 is 29.6 Å². The van der Waals surface area contributed by atoms with Crippen LogP contribution in [0.5, 0.6) is 0 Å². The number of methoxy groups -OCH3 is 1. The maximum atomic E-state index is 14.8. The van der Waals surface area contributed by atoms with Crippen LogP contribution < -0.4 is 0 Å². The zero-order chi connectivity index (χ0) is 45.0. The largest absolute Gasteiger partial charge is 0.458 e. The van der Waals surface area contributed by atoms with Crippen LogP contribution in [-0.2, 0) is 54.1 Å². The summed E-state index contributed by atoms with van der Waals surface area (Å²) >= 11 is 0. The van der Waals surface area contributed by atoms with Gasteiger partial charge in [0, 0.05) is 69.0 Å². The van der Waals surface area contributed by atoms with Gasteiger partial charge in [-0.15, -0.1) is 0 Å². The molecule has 16 nitrogen and oxygen atoms in total. The first-order chi connectivity index (χ1) is 28.8. The summed E-state index contributed by atoms with van der Waals surface area (Å²) in [6.45, 7) is 16.2. The molecule has 0 bridgehead atoms. The highest BCUT2D eigenvalue weighted by atomic mass is 16.7. The molecule has 16 heteroatoms. The second-order valence-corrected chi connectivity index (χ2v) is 17.9. The lowest BCUT2D eigenvalue weighted by Gasteiger charge is -2.47. The number of Topliss-reactive ketones (excluding diaryl/α,β-unsaturated/α-hetero) is 2. The smallest absolute Gasteiger partial charge is 0.410 e. The van der Waals surface area contributed by atoms with Crippen LogP contribution in [0.2, 0.25) is 0 Å². The van der Waals surface area contributed by atoms with Crippen LogP contribution in [0.1, 0.15) is 94.4 Å². The van der Waals surface area contributed by atoms with Crippen molar-refractivity contribution < 1.29 is 52.4 Å². The highest BCUT2D eigenvalue weighted by Gasteiger charge is 2.60. The number of esters is 2. The molecular weight excluding hydrogens is 787 g/mol. The molecule has 2 aromatic rings. The first kappa shape index (κ1) is 47.8. The summed E-state index contributed by atoms with van der Waals surface area (Å²) < 4.78 is 39.5. The van der Waals surface area contributed by atoms with Gasteiger partial charge in [-0.05, 0) is 86.0 Å². The lowest BCUT2D eigenvalue weighted by atomic mass is 9.73. The number of hydrogen-bond donors (Lipinski definition) is 0. The zero-order valence-corrected chi connectivity index (χ0v) is 38.0. The van der Waals surface area contributed by atoms with Gasteiger partial charge < -0.3 is 42.8 Å². The highest BCUT2D eigenvalue weighted by molar-refractivity contribution is 6.00. The second-order valence-electron chi connectivity index (χ2n) is 17.9. The fourth-order valence-corrected chi connectivity index (χ4v) is 9.73. The van der Waals surface area contributed by atoms with E-state index in [9.17, 15) is 24.0 Å². The Kier molecular flexibility index (Phi) is 15.6. The van der Waals surface area contributed by atoms with E-state index in [-0.39, 0.29) is 37.3 Å². The molecule has 0 spiro atoms. The first-order valence-electron chi connectivity index (χ1n) is 21.7. The third kappa shape index (κ3) is 10.3. The molecule has 0 N–H and O–H groups in total. The number of aryl methyl sites for hydroxylation is 1. The number of ketones is 2. The van der Waals surface area contributed by atoms with Crippen molar-refractivity contribution in [1.29, 1.82) is 0 Å². The van der Waals surface area contributed by atoms with Gasteiger partial charge in [0.25, 0.3) is 0 Å². The molecule has 1 amide bonds. The van der Waals surface area contributed by atoms with Gasteiger partial charge in [-0.3, -0.25) is 24.2 Å². The summed E-state index contributed by atoms with van der Waals surface area (Å²) in [7, 11) is 5.25. The number of fused-ring (bicyclic) bond motifs is 1. The number of pyridine rings is 1. The molecule has 3 aliphatic rings. The van der Waals surface area contributed by atoms with E-state index >= 15 is 0 Å². The number of cyclic esters (lactones) is 1. The standard InChI is InChI=1S/C45H67N5O11/c1-13-35-45(9)39(50(43(55)61-45)20-15-14-19-49-24-33(47-25-49)32-17-16-18-46-23-32)28(4)36(52)26(2)22-44(8,56-12)40(29(5)37(53)30(6)41(54)59-35)60-42-38(58-31(7)51)34(48(10)11)21-27(3)57-42/h16-18,23-30,34-35,38-40,42H,13-15,19-22H2,1-12H3/t26-,27-,28+,29+,30-,34+,35?,38-,39-,40-,42+,44-,45-/m1/s1. The minimum atomic E-state index is -1.42. The monoisotopic (exact) mass is 853 g/mol. The lowest BCUT2D eigenvalue weighted by molar-refractivity contribution is -0.298. The van der Waals surface area contributed by atoms with E-state index in [1.54, 1.807) is 58.2 Å². The summed E-state index contributed by atoms with van der Waals surface area (Å²) in [6.07, 6.45) is 4.45. The Balaban J connectivity index is 1.46. The number of nitrogens with zero attached hydrogens (tertiary/aromatic N) is 5. The van der Waals surface area contributed by atoms with E-state index in [4.69, 9.17) is 28.4 Å². The topological polar surface area (TPSA) is 178 Å². The van der Waals surface area contributed by atoms with Crippen LogP contribution in [0.25, 0.3) is 11.3 Å². The van der Waals surface area contributed by atoms with E-state index < -0.39 is 89.3 Å². The van der Waals surface area contributed by atoms with Gasteiger partial charge in [-0.25, -0.2) is 9.78 Å². The van der Waals surface area contributed by atoms with E-state index in [0.29, 0.717) is 25.8 Å². The van der Waals surface area contributed by atoms with Gasteiger partial charge in [-0.2, -0.15) is 0 Å². The molecule has 0 radical (unpaired) electrons. The molecule has 3 saturated heterocycles. The Hall–Kier alpha value is -4.25. The Morgan fingerprint density at radius 2 is 1.72 bits per heavy atom. The van der Waals surface area contributed by atoms with Crippen molar-refractivity contribution in [2.75, 3.05) is 27.7 Å². The van der Waals surface area contributed by atoms with Gasteiger partial charge in [0.05, 0.1) is 41.9 Å². The van der Waals surface area contributed by atoms with Gasteiger partial charge in [0.2, 0.25) is 0 Å². The molecule has 0 aromatic carbocycles. The fraction of sp³-hybridized carbons (Fsp3) is 0.711. The molecule has 13 atom stereocenters. The third-order valence-corrected chi connectivity index (χ3v) is 13.1. The molecule has 0 aliphatic carbocycles. The molecule has 0 saturated carbocycles. The van der Waals surface area contributed by atoms with Crippen LogP contribution in [0, 0.1) is 23.7 Å². The number of likely N-dealkylation sites (N-methyl/N-ethyl adjacent to an activating group) is 1. The van der Waals surface area contributed by atoms with Crippen molar-refractivity contribution in [1.82, 2.24) is 24.3 Å². The SMILES string of the molecule is CCC1OC(=O)[C@H](C)C(=O)[C@H](C)[C@@H](O[C@@H]2O[C@H](C)C[C@H](N(C)C)[C@H]2OC(C)=O)[C@](C)(OC)C[C@@H](C)C(=O)[C@H](C)[C@H]2N(CCCCn3cnc(-c4cccnc4)c3)C(=O)O[C@]12C. The highest BCUT2D eigenvalue weighted by Crippen LogP contribution is 2.43. The molecule has 5 rings (SSSR count). The van der Waals surface area contributed by atoms with Gasteiger partial charge in [-0.1, -0.05) is 27.7 Å². The molecule has 5 heterocycles. The van der Waals surface area contributed by atoms with Gasteiger partial charge in [0.1, 0.15) is 17.8 Å². The summed E-state index contributed by atoms with van der Waals surface area (Å²) in [5.41, 5.74) is -1.01. The third-order valence-electron chi connectivity index (χ3n) is 13.1. The summed E-state index contributed by atoms with van der Waals surface area (Å²) in [5.74, 6) is -5.64. The van der Waals surface area contributed by atoms with E-state index in [1.165, 1.54) is 21.0 Å². The summed E-state index contributed by atoms with van der Waals surface area (Å²) in [5, 5.41) is 0. The van der Waals surface area contributed by atoms with Gasteiger partial charge >= 0.3 is 18.0 Å². The van der Waals surface area contributed by atoms with Crippen molar-refractivity contribution in [3.63, 3.8) is 0 Å². The average Bonchev–Trinajstić information content (AvgIpc) is 3.80. The average molecular weight is 854 g/mol. The van der Waals surface area contributed by atoms with Crippen LogP contribution in [0.4, 0.5) is 4.79 Å². The number of ether oxygens (including phenoxy) is 6. The number of rotatable bonds is 12. The number of hydrogen-bond acceptors (Lipinski definition) is 14. The van der Waals surface area contributed by atoms with Crippen molar-refractivity contribution in [3.8, 4) is 11.3 Å². The normalized spacial score (nSPS) is 35.4. The predicted octanol–water partition coefficient (Wildman–Crippen LogP) is 5.50. The molecule has 3 fully saturated rings. The number of imidazole rings is 1. The molecule has 2 aromatic heterocycles. The number of carbonyl (C=O) groups excluding carboxylic acids is 5. The number of unbranched alkanes of at least 4 members (excludes halogenated alkanes) is 1. The quantitative estimate of drug-likeness (QED) is 0.113. The van der Waals surface area contributed by atoms with Crippen molar-refractivity contribution in [2.24, 2.45) is 23.7 Å². The maximum Gasteiger partial charge on any atom is 0.410 e. The molecule has 338 valence electrons. The number of amides is 1. The fourth-order valence-electron chi connectivity index (χ4n) is 9.73.